The van der Waals surface area contributed by atoms with E-state index in [2.05, 4.69) is 42.5 Å². The van der Waals surface area contributed by atoms with Gasteiger partial charge in [0, 0.05) is 12.8 Å². The van der Waals surface area contributed by atoms with Gasteiger partial charge in [-0.2, -0.15) is 0 Å². The van der Waals surface area contributed by atoms with Crippen molar-refractivity contribution in [2.75, 3.05) is 6.54 Å². The summed E-state index contributed by atoms with van der Waals surface area (Å²) < 4.78 is 0. The molecule has 0 aliphatic rings. The topological polar surface area (TPSA) is 371 Å². The van der Waals surface area contributed by atoms with Crippen molar-refractivity contribution in [3.63, 3.8) is 0 Å². The fraction of sp³-hybridized carbons (Fsp3) is 0.638. The standard InChI is InChI=1S/C47H75N9O14/c1-11-27(10)39(52-32(57)22-49-40(62)29(48)21-28-15-13-12-14-16-28)46(68)51-31(18-20-34(60)61)42(64)53-36(24(4)5)44(66)55-35(23(2)3)43(65)50-30(17-19-33(58)59)41(63)54-37(25(6)7)45(67)56-38(26(8)9)47(69)70/h12-16,23-27,29-31,35-39H,11,17-22,48H2,1-10H3,(H,49,62)(H,50,65)(H,51,68)(H,52,57)(H,53,64)(H,54,63)(H,55,66)(H,56,67)(H,58,59)(H,60,61)(H,69,70)/t27-,29-,30-,31-,35-,36-,37-,38-,39-/m0/s1. The van der Waals surface area contributed by atoms with Crippen LogP contribution in [0.5, 0.6) is 0 Å². The minimum atomic E-state index is -1.55. The highest BCUT2D eigenvalue weighted by Gasteiger charge is 2.37. The number of hydrogen-bond acceptors (Lipinski definition) is 12. The lowest BCUT2D eigenvalue weighted by molar-refractivity contribution is -0.144. The van der Waals surface area contributed by atoms with Crippen LogP contribution < -0.4 is 48.3 Å². The average Bonchev–Trinajstić information content (AvgIpc) is 3.28. The van der Waals surface area contributed by atoms with Crippen LogP contribution in [0.15, 0.2) is 30.3 Å². The summed E-state index contributed by atoms with van der Waals surface area (Å²) in [5.41, 5.74) is 6.83. The zero-order valence-corrected chi connectivity index (χ0v) is 41.8. The van der Waals surface area contributed by atoms with Crippen LogP contribution in [0.2, 0.25) is 0 Å². The van der Waals surface area contributed by atoms with Gasteiger partial charge in [-0.1, -0.05) is 106 Å². The number of aliphatic carboxylic acids is 3. The minimum Gasteiger partial charge on any atom is -0.481 e. The first kappa shape index (κ1) is 61.4. The highest BCUT2D eigenvalue weighted by molar-refractivity contribution is 5.98. The lowest BCUT2D eigenvalue weighted by Crippen LogP contribution is -2.62. The number of benzene rings is 1. The highest BCUT2D eigenvalue weighted by atomic mass is 16.4. The Morgan fingerprint density at radius 1 is 0.486 bits per heavy atom. The van der Waals surface area contributed by atoms with Crippen molar-refractivity contribution in [2.45, 2.75) is 156 Å². The van der Waals surface area contributed by atoms with Crippen molar-refractivity contribution < 1.29 is 68.1 Å². The fourth-order valence-electron chi connectivity index (χ4n) is 6.89. The normalized spacial score (nSPS) is 15.1. The van der Waals surface area contributed by atoms with E-state index in [1.807, 2.05) is 6.07 Å². The molecule has 0 heterocycles. The maximum Gasteiger partial charge on any atom is 0.326 e. The molecule has 9 atom stereocenters. The monoisotopic (exact) mass is 990 g/mol. The van der Waals surface area contributed by atoms with Gasteiger partial charge in [-0.25, -0.2) is 4.79 Å². The van der Waals surface area contributed by atoms with Gasteiger partial charge in [-0.15, -0.1) is 0 Å². The van der Waals surface area contributed by atoms with Crippen LogP contribution in [0.1, 0.15) is 107 Å². The summed E-state index contributed by atoms with van der Waals surface area (Å²) in [6.07, 6.45) is -1.51. The number of carbonyl (C=O) groups is 11. The summed E-state index contributed by atoms with van der Waals surface area (Å²) in [7, 11) is 0. The second kappa shape index (κ2) is 30.1. The van der Waals surface area contributed by atoms with E-state index >= 15 is 0 Å². The molecular formula is C47H75N9O14. The summed E-state index contributed by atoms with van der Waals surface area (Å²) >= 11 is 0. The van der Waals surface area contributed by atoms with Gasteiger partial charge in [0.25, 0.3) is 0 Å². The van der Waals surface area contributed by atoms with Crippen molar-refractivity contribution in [2.24, 2.45) is 35.3 Å². The first-order chi connectivity index (χ1) is 32.6. The molecule has 70 heavy (non-hydrogen) atoms. The van der Waals surface area contributed by atoms with Gasteiger partial charge in [0.05, 0.1) is 12.6 Å². The van der Waals surface area contributed by atoms with E-state index in [0.717, 1.165) is 5.56 Å². The molecule has 0 unspecified atom stereocenters. The number of rotatable bonds is 31. The maximum absolute atomic E-state index is 13.9. The Kier molecular flexibility index (Phi) is 26.4. The third kappa shape index (κ3) is 21.3. The van der Waals surface area contributed by atoms with Gasteiger partial charge < -0.3 is 63.6 Å². The van der Waals surface area contributed by atoms with E-state index in [4.69, 9.17) is 5.73 Å². The summed E-state index contributed by atoms with van der Waals surface area (Å²) in [5.74, 6) is -13.7. The number of nitrogens with one attached hydrogen (secondary N) is 8. The van der Waals surface area contributed by atoms with Crippen molar-refractivity contribution in [1.29, 1.82) is 0 Å². The molecule has 0 aliphatic carbocycles. The predicted octanol–water partition coefficient (Wildman–Crippen LogP) is -0.450. The number of carboxylic acids is 3. The van der Waals surface area contributed by atoms with Crippen LogP contribution in [0.4, 0.5) is 0 Å². The van der Waals surface area contributed by atoms with Gasteiger partial charge in [0.15, 0.2) is 0 Å². The summed E-state index contributed by atoms with van der Waals surface area (Å²) in [4.78, 5) is 143. The molecular weight excluding hydrogens is 915 g/mol. The Balaban J connectivity index is 3.29. The summed E-state index contributed by atoms with van der Waals surface area (Å²) in [6, 6.07) is -1.74. The zero-order valence-electron chi connectivity index (χ0n) is 41.8. The third-order valence-corrected chi connectivity index (χ3v) is 11.4. The molecule has 1 aromatic rings. The number of nitrogens with two attached hydrogens (primary N) is 1. The molecule has 0 saturated heterocycles. The van der Waals surface area contributed by atoms with Crippen LogP contribution in [0, 0.1) is 29.6 Å². The maximum atomic E-state index is 13.9. The van der Waals surface area contributed by atoms with Crippen LogP contribution in [-0.4, -0.2) is 135 Å². The van der Waals surface area contributed by atoms with E-state index in [9.17, 15) is 68.1 Å². The molecule has 8 amide bonds. The van der Waals surface area contributed by atoms with Crippen molar-refractivity contribution >= 4 is 65.2 Å². The molecule has 23 heteroatoms. The van der Waals surface area contributed by atoms with Crippen molar-refractivity contribution in [3.8, 4) is 0 Å². The lowest BCUT2D eigenvalue weighted by atomic mass is 9.97. The molecule has 392 valence electrons. The van der Waals surface area contributed by atoms with Crippen LogP contribution in [0.3, 0.4) is 0 Å². The molecule has 0 aliphatic heterocycles. The molecule has 23 nitrogen and oxygen atoms in total. The molecule has 0 saturated carbocycles. The Morgan fingerprint density at radius 2 is 0.857 bits per heavy atom. The number of hydrogen-bond donors (Lipinski definition) is 12. The van der Waals surface area contributed by atoms with Gasteiger partial charge in [0.2, 0.25) is 47.3 Å². The van der Waals surface area contributed by atoms with Gasteiger partial charge in [-0.3, -0.25) is 47.9 Å². The quantitative estimate of drug-likeness (QED) is 0.0448. The zero-order chi connectivity index (χ0) is 53.6. The van der Waals surface area contributed by atoms with Gasteiger partial charge in [0.1, 0.15) is 42.3 Å². The Hall–Kier alpha value is -6.65. The molecule has 0 bridgehead atoms. The first-order valence-corrected chi connectivity index (χ1v) is 23.5. The molecule has 13 N–H and O–H groups in total. The van der Waals surface area contributed by atoms with E-state index in [1.165, 1.54) is 0 Å². The number of carboxylic acid groups (broad SMARTS) is 3. The fourth-order valence-corrected chi connectivity index (χ4v) is 6.89. The van der Waals surface area contributed by atoms with Crippen LogP contribution >= 0.6 is 0 Å². The second-order valence-electron chi connectivity index (χ2n) is 18.7. The van der Waals surface area contributed by atoms with Gasteiger partial charge in [-0.05, 0) is 54.4 Å². The summed E-state index contributed by atoms with van der Waals surface area (Å²) in [6.45, 7) is 15.4. The Morgan fingerprint density at radius 3 is 1.23 bits per heavy atom. The Labute approximate surface area is 408 Å². The lowest BCUT2D eigenvalue weighted by Gasteiger charge is -2.30. The molecule has 0 fully saturated rings. The van der Waals surface area contributed by atoms with Crippen molar-refractivity contribution in [3.05, 3.63) is 35.9 Å². The van der Waals surface area contributed by atoms with Crippen LogP contribution in [0.25, 0.3) is 0 Å². The number of amides is 8. The average molecular weight is 990 g/mol. The van der Waals surface area contributed by atoms with Crippen LogP contribution in [-0.2, 0) is 59.2 Å². The largest absolute Gasteiger partial charge is 0.481 e. The smallest absolute Gasteiger partial charge is 0.326 e. The molecule has 1 aromatic carbocycles. The first-order valence-electron chi connectivity index (χ1n) is 23.5. The van der Waals surface area contributed by atoms with E-state index in [0.29, 0.717) is 6.42 Å². The van der Waals surface area contributed by atoms with E-state index in [1.54, 1.807) is 93.5 Å². The third-order valence-electron chi connectivity index (χ3n) is 11.4. The molecule has 0 aromatic heterocycles. The highest BCUT2D eigenvalue weighted by Crippen LogP contribution is 2.14. The predicted molar refractivity (Wildman–Crippen MR) is 255 cm³/mol. The summed E-state index contributed by atoms with van der Waals surface area (Å²) in [5, 5.41) is 48.5. The molecule has 0 radical (unpaired) electrons. The van der Waals surface area contributed by atoms with E-state index in [-0.39, 0.29) is 6.42 Å². The van der Waals surface area contributed by atoms with Gasteiger partial charge >= 0.3 is 17.9 Å². The second-order valence-corrected chi connectivity index (χ2v) is 18.7. The Bertz CT molecular complexity index is 1980. The SMILES string of the molecule is CC[C@H](C)[C@H](NC(=O)CNC(=O)[C@@H](N)Cc1ccccc1)C(=O)N[C@@H](CCC(=O)O)C(=O)N[C@H](C(=O)N[C@H](C(=O)N[C@@H](CCC(=O)O)C(=O)N[C@H](C(=O)N[C@H](C(=O)O)C(C)C)C(C)C)C(C)C)C(C)C. The van der Waals surface area contributed by atoms with E-state index < -0.39 is 175 Å². The van der Waals surface area contributed by atoms with Crippen molar-refractivity contribution in [1.82, 2.24) is 42.5 Å². The number of carbonyl (C=O) groups excluding carboxylic acids is 8. The minimum absolute atomic E-state index is 0.206. The molecule has 0 spiro atoms. The molecule has 1 rings (SSSR count).